The number of amides is 1. The fourth-order valence-electron chi connectivity index (χ4n) is 2.09. The van der Waals surface area contributed by atoms with E-state index in [2.05, 4.69) is 37.4 Å². The number of rotatable bonds is 6. The van der Waals surface area contributed by atoms with E-state index in [1.807, 2.05) is 24.3 Å². The van der Waals surface area contributed by atoms with Crippen molar-refractivity contribution in [1.82, 2.24) is 5.32 Å². The Morgan fingerprint density at radius 2 is 1.86 bits per heavy atom. The van der Waals surface area contributed by atoms with E-state index in [1.54, 1.807) is 11.8 Å². The molecule has 22 heavy (non-hydrogen) atoms. The van der Waals surface area contributed by atoms with Gasteiger partial charge in [-0.15, -0.1) is 11.8 Å². The average Bonchev–Trinajstić information content (AvgIpc) is 2.50. The summed E-state index contributed by atoms with van der Waals surface area (Å²) in [5.41, 5.74) is 10.0. The highest BCUT2D eigenvalue weighted by atomic mass is 32.2. The lowest BCUT2D eigenvalue weighted by Gasteiger charge is -2.08. The van der Waals surface area contributed by atoms with Crippen LogP contribution in [0.25, 0.3) is 0 Å². The Morgan fingerprint density at radius 3 is 2.59 bits per heavy atom. The first-order valence-electron chi connectivity index (χ1n) is 7.36. The number of nitrogen functional groups attached to an aromatic ring is 1. The molecule has 0 saturated heterocycles. The molecule has 0 spiro atoms. The van der Waals surface area contributed by atoms with Gasteiger partial charge in [-0.3, -0.25) is 4.79 Å². The van der Waals surface area contributed by atoms with Gasteiger partial charge in [-0.1, -0.05) is 29.8 Å². The SMILES string of the molecule is Cc1ccc(C)c(SCC(=O)NCCc2ccc(N)cc2)c1. The fraction of sp³-hybridized carbons (Fsp3) is 0.278. The number of hydrogen-bond acceptors (Lipinski definition) is 3. The summed E-state index contributed by atoms with van der Waals surface area (Å²) in [4.78, 5) is 13.1. The lowest BCUT2D eigenvalue weighted by Crippen LogP contribution is -2.27. The third-order valence-corrected chi connectivity index (χ3v) is 4.58. The summed E-state index contributed by atoms with van der Waals surface area (Å²) in [6.45, 7) is 4.78. The molecular formula is C18H22N2OS. The van der Waals surface area contributed by atoms with Crippen LogP contribution in [0.15, 0.2) is 47.4 Å². The molecule has 1 amide bonds. The van der Waals surface area contributed by atoms with Gasteiger partial charge in [-0.25, -0.2) is 0 Å². The second kappa shape index (κ2) is 7.90. The number of thioether (sulfide) groups is 1. The standard InChI is InChI=1S/C18H22N2OS/c1-13-3-4-14(2)17(11-13)22-12-18(21)20-10-9-15-5-7-16(19)8-6-15/h3-8,11H,9-10,12,19H2,1-2H3,(H,20,21). The zero-order chi connectivity index (χ0) is 15.9. The smallest absolute Gasteiger partial charge is 0.230 e. The number of benzene rings is 2. The minimum atomic E-state index is 0.0707. The van der Waals surface area contributed by atoms with Crippen molar-refractivity contribution in [3.63, 3.8) is 0 Å². The summed E-state index contributed by atoms with van der Waals surface area (Å²) < 4.78 is 0. The molecule has 0 aromatic heterocycles. The van der Waals surface area contributed by atoms with E-state index in [0.717, 1.165) is 12.1 Å². The Balaban J connectivity index is 1.74. The van der Waals surface area contributed by atoms with Crippen molar-refractivity contribution in [2.75, 3.05) is 18.0 Å². The zero-order valence-electron chi connectivity index (χ0n) is 13.1. The zero-order valence-corrected chi connectivity index (χ0v) is 13.9. The molecule has 0 aliphatic heterocycles. The number of anilines is 1. The van der Waals surface area contributed by atoms with Crippen LogP contribution < -0.4 is 11.1 Å². The first-order valence-corrected chi connectivity index (χ1v) is 8.34. The van der Waals surface area contributed by atoms with Crippen molar-refractivity contribution < 1.29 is 4.79 Å². The molecule has 0 heterocycles. The third kappa shape index (κ3) is 5.11. The molecule has 0 fully saturated rings. The highest BCUT2D eigenvalue weighted by Gasteiger charge is 2.05. The van der Waals surface area contributed by atoms with Gasteiger partial charge in [0.05, 0.1) is 5.75 Å². The van der Waals surface area contributed by atoms with Gasteiger partial charge < -0.3 is 11.1 Å². The summed E-state index contributed by atoms with van der Waals surface area (Å²) in [7, 11) is 0. The molecule has 0 radical (unpaired) electrons. The van der Waals surface area contributed by atoms with Crippen LogP contribution in [-0.2, 0) is 11.2 Å². The lowest BCUT2D eigenvalue weighted by molar-refractivity contribution is -0.118. The first kappa shape index (κ1) is 16.4. The molecule has 2 aromatic rings. The Morgan fingerprint density at radius 1 is 1.14 bits per heavy atom. The van der Waals surface area contributed by atoms with E-state index < -0.39 is 0 Å². The van der Waals surface area contributed by atoms with Crippen LogP contribution in [0.2, 0.25) is 0 Å². The van der Waals surface area contributed by atoms with Gasteiger partial charge in [0.15, 0.2) is 0 Å². The number of aryl methyl sites for hydroxylation is 2. The molecule has 3 nitrogen and oxygen atoms in total. The largest absolute Gasteiger partial charge is 0.399 e. The minimum Gasteiger partial charge on any atom is -0.399 e. The Hall–Kier alpha value is -1.94. The number of carbonyl (C=O) groups excluding carboxylic acids is 1. The predicted octanol–water partition coefficient (Wildman–Crippen LogP) is 3.34. The molecule has 0 saturated carbocycles. The van der Waals surface area contributed by atoms with E-state index in [9.17, 15) is 4.79 Å². The number of nitrogens with one attached hydrogen (secondary N) is 1. The summed E-state index contributed by atoms with van der Waals surface area (Å²) in [6.07, 6.45) is 0.820. The molecule has 116 valence electrons. The van der Waals surface area contributed by atoms with E-state index in [-0.39, 0.29) is 5.91 Å². The van der Waals surface area contributed by atoms with Gasteiger partial charge in [0.25, 0.3) is 0 Å². The highest BCUT2D eigenvalue weighted by Crippen LogP contribution is 2.23. The second-order valence-electron chi connectivity index (χ2n) is 5.40. The Kier molecular flexibility index (Phi) is 5.90. The van der Waals surface area contributed by atoms with E-state index >= 15 is 0 Å². The van der Waals surface area contributed by atoms with Gasteiger partial charge in [-0.2, -0.15) is 0 Å². The van der Waals surface area contributed by atoms with Crippen LogP contribution in [-0.4, -0.2) is 18.2 Å². The average molecular weight is 314 g/mol. The summed E-state index contributed by atoms with van der Waals surface area (Å²) >= 11 is 1.59. The van der Waals surface area contributed by atoms with Crippen molar-refractivity contribution in [2.24, 2.45) is 0 Å². The minimum absolute atomic E-state index is 0.0707. The number of hydrogen-bond donors (Lipinski definition) is 2. The van der Waals surface area contributed by atoms with E-state index in [0.29, 0.717) is 12.3 Å². The maximum Gasteiger partial charge on any atom is 0.230 e. The monoisotopic (exact) mass is 314 g/mol. The van der Waals surface area contributed by atoms with Crippen molar-refractivity contribution in [1.29, 1.82) is 0 Å². The summed E-state index contributed by atoms with van der Waals surface area (Å²) in [5.74, 6) is 0.521. The molecule has 0 unspecified atom stereocenters. The fourth-order valence-corrected chi connectivity index (χ4v) is 3.04. The van der Waals surface area contributed by atoms with Crippen LogP contribution in [0.5, 0.6) is 0 Å². The molecule has 4 heteroatoms. The van der Waals surface area contributed by atoms with Crippen molar-refractivity contribution in [3.05, 3.63) is 59.2 Å². The van der Waals surface area contributed by atoms with Crippen molar-refractivity contribution in [2.45, 2.75) is 25.2 Å². The Labute approximate surface area is 136 Å². The maximum atomic E-state index is 11.9. The number of nitrogens with two attached hydrogens (primary N) is 1. The molecule has 2 aromatic carbocycles. The van der Waals surface area contributed by atoms with Gasteiger partial charge in [0.2, 0.25) is 5.91 Å². The quantitative estimate of drug-likeness (QED) is 0.635. The topological polar surface area (TPSA) is 55.1 Å². The second-order valence-corrected chi connectivity index (χ2v) is 6.42. The van der Waals surface area contributed by atoms with Gasteiger partial charge in [0, 0.05) is 17.1 Å². The molecule has 0 aliphatic carbocycles. The van der Waals surface area contributed by atoms with Crippen molar-refractivity contribution in [3.8, 4) is 0 Å². The van der Waals surface area contributed by atoms with Gasteiger partial charge in [0.1, 0.15) is 0 Å². The van der Waals surface area contributed by atoms with Gasteiger partial charge >= 0.3 is 0 Å². The third-order valence-electron chi connectivity index (χ3n) is 3.42. The molecule has 0 bridgehead atoms. The van der Waals surface area contributed by atoms with Crippen molar-refractivity contribution >= 4 is 23.4 Å². The van der Waals surface area contributed by atoms with E-state index in [4.69, 9.17) is 5.73 Å². The summed E-state index contributed by atoms with van der Waals surface area (Å²) in [6, 6.07) is 14.1. The Bertz CT molecular complexity index is 638. The predicted molar refractivity (Wildman–Crippen MR) is 94.2 cm³/mol. The van der Waals surface area contributed by atoms with Gasteiger partial charge in [-0.05, 0) is 49.6 Å². The summed E-state index contributed by atoms with van der Waals surface area (Å²) in [5, 5.41) is 2.96. The van der Waals surface area contributed by atoms with Crippen LogP contribution in [0.3, 0.4) is 0 Å². The molecule has 0 atom stereocenters. The first-order chi connectivity index (χ1) is 10.5. The van der Waals surface area contributed by atoms with E-state index in [1.165, 1.54) is 21.6 Å². The van der Waals surface area contributed by atoms with Crippen LogP contribution in [0.4, 0.5) is 5.69 Å². The normalized spacial score (nSPS) is 10.5. The maximum absolute atomic E-state index is 11.9. The van der Waals surface area contributed by atoms with Crippen LogP contribution in [0.1, 0.15) is 16.7 Å². The van der Waals surface area contributed by atoms with Crippen LogP contribution >= 0.6 is 11.8 Å². The highest BCUT2D eigenvalue weighted by molar-refractivity contribution is 8.00. The molecule has 0 aliphatic rings. The number of carbonyl (C=O) groups is 1. The molecule has 3 N–H and O–H groups in total. The molecular weight excluding hydrogens is 292 g/mol. The van der Waals surface area contributed by atoms with Crippen LogP contribution in [0, 0.1) is 13.8 Å². The molecule has 2 rings (SSSR count). The lowest BCUT2D eigenvalue weighted by atomic mass is 10.1.